The Bertz CT molecular complexity index is 1310. The number of H-pyrrole nitrogens is 2. The molecule has 0 aliphatic rings. The summed E-state index contributed by atoms with van der Waals surface area (Å²) in [4.78, 5) is 33.6. The van der Waals surface area contributed by atoms with Gasteiger partial charge in [0.15, 0.2) is 0 Å². The number of nitrogens with zero attached hydrogens (tertiary/aromatic N) is 1. The number of rotatable bonds is 4. The average Bonchev–Trinajstić information content (AvgIpc) is 3.36. The minimum Gasteiger partial charge on any atom is -0.461 e. The average molecular weight is 564 g/mol. The smallest absolute Gasteiger partial charge is 0.381 e. The third kappa shape index (κ3) is 5.98. The Morgan fingerprint density at radius 1 is 0.906 bits per heavy atom. The zero-order chi connectivity index (χ0) is 23.3. The fraction of sp³-hybridized carbons (Fsp3) is 0.136. The summed E-state index contributed by atoms with van der Waals surface area (Å²) in [6.07, 6.45) is 0. The van der Waals surface area contributed by atoms with E-state index in [4.69, 9.17) is 10.5 Å². The number of fused-ring (bicyclic) bond motifs is 2. The Hall–Kier alpha value is -3.11. The van der Waals surface area contributed by atoms with Crippen molar-refractivity contribution in [1.82, 2.24) is 9.97 Å². The van der Waals surface area contributed by atoms with Crippen LogP contribution in [0.15, 0.2) is 62.6 Å². The summed E-state index contributed by atoms with van der Waals surface area (Å²) in [5, 5.41) is 5.31. The second kappa shape index (κ2) is 10.5. The van der Waals surface area contributed by atoms with E-state index in [1.807, 2.05) is 36.4 Å². The first kappa shape index (κ1) is 23.6. The number of benzene rings is 2. The van der Waals surface area contributed by atoms with Gasteiger partial charge in [0.05, 0.1) is 6.61 Å². The summed E-state index contributed by atoms with van der Waals surface area (Å²) >= 11 is 6.74. The zero-order valence-corrected chi connectivity index (χ0v) is 20.4. The summed E-state index contributed by atoms with van der Waals surface area (Å²) in [6, 6.07) is 14.9. The Balaban J connectivity index is 0.000000182. The number of aromatic nitrogens is 2. The molecule has 166 valence electrons. The maximum Gasteiger partial charge on any atom is 0.381 e. The molecule has 2 aromatic carbocycles. The van der Waals surface area contributed by atoms with Gasteiger partial charge >= 0.3 is 11.9 Å². The quantitative estimate of drug-likeness (QED) is 0.0996. The summed E-state index contributed by atoms with van der Waals surface area (Å²) in [5.74, 6) is -0.691. The molecule has 0 fully saturated rings. The molecule has 0 spiro atoms. The number of hydrogen-bond acceptors (Lipinski definition) is 5. The van der Waals surface area contributed by atoms with Crippen molar-refractivity contribution >= 4 is 71.4 Å². The van der Waals surface area contributed by atoms with Crippen LogP contribution in [0.2, 0.25) is 0 Å². The van der Waals surface area contributed by atoms with Crippen LogP contribution in [0.25, 0.3) is 21.8 Å². The fourth-order valence-electron chi connectivity index (χ4n) is 2.80. The van der Waals surface area contributed by atoms with Gasteiger partial charge in [-0.25, -0.2) is 9.59 Å². The molecular formula is C22H20Br2N4O4. The van der Waals surface area contributed by atoms with E-state index in [1.165, 1.54) is 6.92 Å². The van der Waals surface area contributed by atoms with E-state index in [0.717, 1.165) is 30.8 Å². The number of carbonyl (C=O) groups excluding carboxylic acids is 2. The van der Waals surface area contributed by atoms with Crippen LogP contribution in [0.1, 0.15) is 34.8 Å². The van der Waals surface area contributed by atoms with Gasteiger partial charge in [-0.2, -0.15) is 0 Å². The van der Waals surface area contributed by atoms with Crippen molar-refractivity contribution in [3.05, 3.63) is 68.9 Å². The number of amidine groups is 1. The van der Waals surface area contributed by atoms with Crippen molar-refractivity contribution in [2.24, 2.45) is 10.9 Å². The first-order chi connectivity index (χ1) is 15.3. The molecule has 10 heteroatoms. The second-order valence-corrected chi connectivity index (χ2v) is 8.49. The molecule has 0 amide bonds. The van der Waals surface area contributed by atoms with Crippen molar-refractivity contribution in [3.63, 3.8) is 0 Å². The number of esters is 1. The van der Waals surface area contributed by atoms with Crippen LogP contribution < -0.4 is 5.73 Å². The van der Waals surface area contributed by atoms with Crippen LogP contribution in [0.4, 0.5) is 0 Å². The van der Waals surface area contributed by atoms with Crippen molar-refractivity contribution in [3.8, 4) is 0 Å². The van der Waals surface area contributed by atoms with Crippen LogP contribution in [-0.2, 0) is 9.57 Å². The highest BCUT2D eigenvalue weighted by molar-refractivity contribution is 9.10. The van der Waals surface area contributed by atoms with Crippen LogP contribution in [0, 0.1) is 0 Å². The third-order valence-electron chi connectivity index (χ3n) is 4.15. The first-order valence-electron chi connectivity index (χ1n) is 9.52. The molecule has 0 aliphatic heterocycles. The van der Waals surface area contributed by atoms with E-state index in [0.29, 0.717) is 18.0 Å². The number of carbonyl (C=O) groups is 2. The van der Waals surface area contributed by atoms with Crippen molar-refractivity contribution in [2.45, 2.75) is 13.8 Å². The van der Waals surface area contributed by atoms with E-state index in [9.17, 15) is 9.59 Å². The molecule has 0 saturated heterocycles. The lowest BCUT2D eigenvalue weighted by molar-refractivity contribution is 0.0504. The Morgan fingerprint density at radius 2 is 1.41 bits per heavy atom. The Labute approximate surface area is 200 Å². The van der Waals surface area contributed by atoms with E-state index < -0.39 is 5.97 Å². The summed E-state index contributed by atoms with van der Waals surface area (Å²) in [5.41, 5.74) is 7.88. The molecule has 2 aromatic heterocycles. The molecule has 0 aliphatic carbocycles. The lowest BCUT2D eigenvalue weighted by atomic mass is 10.2. The van der Waals surface area contributed by atoms with Gasteiger partial charge in [0.25, 0.3) is 0 Å². The molecule has 0 bridgehead atoms. The molecule has 4 aromatic rings. The van der Waals surface area contributed by atoms with Gasteiger partial charge in [0.2, 0.25) is 0 Å². The minimum absolute atomic E-state index is 0.192. The second-order valence-electron chi connectivity index (χ2n) is 6.66. The molecule has 0 radical (unpaired) electrons. The van der Waals surface area contributed by atoms with Gasteiger partial charge in [-0.05, 0) is 62.4 Å². The SMILES string of the molecule is C/C(N)=N/OC(=O)c1cc2cc(Br)ccc2[nH]1.CCOC(=O)c1cc2cc(Br)ccc2[nH]1. The Kier molecular flexibility index (Phi) is 7.70. The van der Waals surface area contributed by atoms with Gasteiger partial charge in [0.1, 0.15) is 17.2 Å². The van der Waals surface area contributed by atoms with Gasteiger partial charge in [-0.3, -0.25) is 0 Å². The van der Waals surface area contributed by atoms with Crippen molar-refractivity contribution in [1.29, 1.82) is 0 Å². The van der Waals surface area contributed by atoms with Crippen LogP contribution in [-0.4, -0.2) is 34.3 Å². The molecule has 0 unspecified atom stereocenters. The van der Waals surface area contributed by atoms with Gasteiger partial charge < -0.3 is 25.3 Å². The molecule has 0 atom stereocenters. The molecule has 32 heavy (non-hydrogen) atoms. The molecular weight excluding hydrogens is 544 g/mol. The highest BCUT2D eigenvalue weighted by atomic mass is 79.9. The summed E-state index contributed by atoms with van der Waals surface area (Å²) in [7, 11) is 0. The zero-order valence-electron chi connectivity index (χ0n) is 17.2. The molecule has 4 rings (SSSR count). The summed E-state index contributed by atoms with van der Waals surface area (Å²) < 4.78 is 6.84. The lowest BCUT2D eigenvalue weighted by Gasteiger charge is -1.96. The highest BCUT2D eigenvalue weighted by Gasteiger charge is 2.11. The van der Waals surface area contributed by atoms with Crippen LogP contribution in [0.3, 0.4) is 0 Å². The standard InChI is InChI=1S/C11H10BrN3O2.C11H10BrNO2/c1-6(13)15-17-11(16)10-5-7-4-8(12)2-3-9(7)14-10;1-2-15-11(14)10-6-7-5-8(12)3-4-9(7)13-10/h2-5,14H,1H3,(H2,13,15);3-6,13H,2H2,1H3. The highest BCUT2D eigenvalue weighted by Crippen LogP contribution is 2.21. The van der Waals surface area contributed by atoms with Gasteiger partial charge in [0, 0.05) is 30.8 Å². The van der Waals surface area contributed by atoms with Crippen LogP contribution >= 0.6 is 31.9 Å². The van der Waals surface area contributed by atoms with Crippen molar-refractivity contribution < 1.29 is 19.2 Å². The normalized spacial score (nSPS) is 11.2. The fourth-order valence-corrected chi connectivity index (χ4v) is 3.56. The lowest BCUT2D eigenvalue weighted by Crippen LogP contribution is -2.09. The number of hydrogen-bond donors (Lipinski definition) is 3. The summed E-state index contributed by atoms with van der Waals surface area (Å²) in [6.45, 7) is 3.71. The topological polar surface area (TPSA) is 123 Å². The number of ether oxygens (including phenoxy) is 1. The predicted octanol–water partition coefficient (Wildman–Crippen LogP) is 5.49. The number of oxime groups is 1. The van der Waals surface area contributed by atoms with E-state index in [1.54, 1.807) is 19.1 Å². The van der Waals surface area contributed by atoms with Gasteiger partial charge in [-0.1, -0.05) is 37.0 Å². The molecule has 2 heterocycles. The first-order valence-corrected chi connectivity index (χ1v) is 11.1. The predicted molar refractivity (Wildman–Crippen MR) is 131 cm³/mol. The van der Waals surface area contributed by atoms with Crippen LogP contribution in [0.5, 0.6) is 0 Å². The number of halogens is 2. The number of aromatic amines is 2. The Morgan fingerprint density at radius 3 is 1.88 bits per heavy atom. The molecule has 4 N–H and O–H groups in total. The van der Waals surface area contributed by atoms with E-state index in [-0.39, 0.29) is 11.8 Å². The monoisotopic (exact) mass is 562 g/mol. The maximum atomic E-state index is 11.6. The number of nitrogens with one attached hydrogen (secondary N) is 2. The van der Waals surface area contributed by atoms with E-state index >= 15 is 0 Å². The molecule has 0 saturated carbocycles. The largest absolute Gasteiger partial charge is 0.461 e. The van der Waals surface area contributed by atoms with Gasteiger partial charge in [-0.15, -0.1) is 0 Å². The third-order valence-corrected chi connectivity index (χ3v) is 5.14. The molecule has 8 nitrogen and oxygen atoms in total. The maximum absolute atomic E-state index is 11.6. The van der Waals surface area contributed by atoms with E-state index in [2.05, 4.69) is 51.8 Å². The van der Waals surface area contributed by atoms with Crippen molar-refractivity contribution in [2.75, 3.05) is 6.61 Å². The minimum atomic E-state index is -0.567. The number of nitrogens with two attached hydrogens (primary N) is 1.